The van der Waals surface area contributed by atoms with Crippen LogP contribution in [0.2, 0.25) is 0 Å². The van der Waals surface area contributed by atoms with Crippen molar-refractivity contribution in [2.24, 2.45) is 0 Å². The van der Waals surface area contributed by atoms with Crippen molar-refractivity contribution in [3.05, 3.63) is 134 Å². The molecule has 0 aliphatic rings. The number of allylic oxidation sites excluding steroid dienone is 21. The molecule has 322 valence electrons. The Bertz CT molecular complexity index is 1330. The average molecular weight is 799 g/mol. The molecule has 0 saturated heterocycles. The van der Waals surface area contributed by atoms with Crippen LogP contribution in [0.3, 0.4) is 0 Å². The first-order valence-corrected chi connectivity index (χ1v) is 22.3. The van der Waals surface area contributed by atoms with Gasteiger partial charge in [-0.1, -0.05) is 187 Å². The summed E-state index contributed by atoms with van der Waals surface area (Å²) in [6.07, 6.45) is 63.2. The predicted octanol–water partition coefficient (Wildman–Crippen LogP) is 14.4. The normalized spacial score (nSPS) is 13.4. The lowest BCUT2D eigenvalue weighted by Gasteiger charge is -2.18. The van der Waals surface area contributed by atoms with Crippen LogP contribution in [0, 0.1) is 0 Å². The zero-order chi connectivity index (χ0) is 42.3. The summed E-state index contributed by atoms with van der Waals surface area (Å²) in [5, 5.41) is 0. The molecule has 0 spiro atoms. The van der Waals surface area contributed by atoms with Gasteiger partial charge in [0.15, 0.2) is 6.10 Å². The first-order chi connectivity index (χ1) is 28.5. The van der Waals surface area contributed by atoms with Gasteiger partial charge < -0.3 is 14.2 Å². The van der Waals surface area contributed by atoms with Crippen LogP contribution in [-0.4, -0.2) is 37.2 Å². The van der Waals surface area contributed by atoms with Crippen LogP contribution in [0.25, 0.3) is 0 Å². The van der Waals surface area contributed by atoms with E-state index in [1.54, 1.807) is 6.08 Å². The highest BCUT2D eigenvalue weighted by Crippen LogP contribution is 2.11. The summed E-state index contributed by atoms with van der Waals surface area (Å²) in [5.74, 6) is -1.14. The second kappa shape index (κ2) is 45.3. The van der Waals surface area contributed by atoms with Crippen molar-refractivity contribution < 1.29 is 28.6 Å². The molecule has 0 aromatic heterocycles. The minimum Gasteiger partial charge on any atom is -0.462 e. The molecule has 1 atom stereocenters. The smallest absolute Gasteiger partial charge is 0.309 e. The summed E-state index contributed by atoms with van der Waals surface area (Å²) >= 11 is 0. The lowest BCUT2D eigenvalue weighted by atomic mass is 10.1. The van der Waals surface area contributed by atoms with E-state index >= 15 is 0 Å². The van der Waals surface area contributed by atoms with Crippen LogP contribution in [-0.2, 0) is 28.6 Å². The molecular weight excluding hydrogens is 721 g/mol. The number of esters is 3. The van der Waals surface area contributed by atoms with Crippen LogP contribution in [0.15, 0.2) is 134 Å². The second-order valence-corrected chi connectivity index (χ2v) is 13.9. The van der Waals surface area contributed by atoms with Crippen molar-refractivity contribution in [2.45, 2.75) is 162 Å². The fraction of sp³-hybridized carbons (Fsp3) is 0.519. The van der Waals surface area contributed by atoms with Crippen molar-refractivity contribution in [1.82, 2.24) is 0 Å². The average Bonchev–Trinajstić information content (AvgIpc) is 3.22. The molecule has 0 aliphatic heterocycles. The van der Waals surface area contributed by atoms with Crippen molar-refractivity contribution in [3.63, 3.8) is 0 Å². The zero-order valence-corrected chi connectivity index (χ0v) is 36.5. The molecule has 0 amide bonds. The fourth-order valence-corrected chi connectivity index (χ4v) is 5.30. The first kappa shape index (κ1) is 53.6. The van der Waals surface area contributed by atoms with Gasteiger partial charge in [0.2, 0.25) is 0 Å². The van der Waals surface area contributed by atoms with Gasteiger partial charge in [-0.3, -0.25) is 14.4 Å². The maximum Gasteiger partial charge on any atom is 0.309 e. The lowest BCUT2D eigenvalue weighted by Crippen LogP contribution is -2.30. The molecule has 6 heteroatoms. The number of hydrogen-bond acceptors (Lipinski definition) is 6. The minimum atomic E-state index is -0.844. The van der Waals surface area contributed by atoms with Gasteiger partial charge in [0.1, 0.15) is 13.2 Å². The van der Waals surface area contributed by atoms with E-state index in [1.807, 2.05) is 54.7 Å². The van der Waals surface area contributed by atoms with E-state index < -0.39 is 12.1 Å². The van der Waals surface area contributed by atoms with Gasteiger partial charge in [-0.25, -0.2) is 0 Å². The Hall–Kier alpha value is -4.45. The summed E-state index contributed by atoms with van der Waals surface area (Å²) in [4.78, 5) is 37.6. The number of ether oxygens (including phenoxy) is 3. The fourth-order valence-electron chi connectivity index (χ4n) is 5.30. The van der Waals surface area contributed by atoms with Gasteiger partial charge in [-0.15, -0.1) is 0 Å². The van der Waals surface area contributed by atoms with E-state index in [0.29, 0.717) is 12.8 Å². The molecule has 0 fully saturated rings. The summed E-state index contributed by atoms with van der Waals surface area (Å²) < 4.78 is 16.5. The molecule has 0 aliphatic carbocycles. The van der Waals surface area contributed by atoms with Crippen molar-refractivity contribution in [2.75, 3.05) is 13.2 Å². The molecule has 0 N–H and O–H groups in total. The Labute approximate surface area is 354 Å². The molecule has 0 saturated carbocycles. The summed E-state index contributed by atoms with van der Waals surface area (Å²) in [7, 11) is 0. The van der Waals surface area contributed by atoms with E-state index in [0.717, 1.165) is 96.3 Å². The molecule has 0 heterocycles. The Morgan fingerprint density at radius 1 is 0.379 bits per heavy atom. The Kier molecular flexibility index (Phi) is 41.8. The lowest BCUT2D eigenvalue weighted by molar-refractivity contribution is -0.166. The third-order valence-electron chi connectivity index (χ3n) is 8.54. The maximum atomic E-state index is 12.7. The Morgan fingerprint density at radius 3 is 1.34 bits per heavy atom. The molecule has 0 rings (SSSR count). The monoisotopic (exact) mass is 799 g/mol. The number of unbranched alkanes of at least 4 members (excludes halogenated alkanes) is 9. The van der Waals surface area contributed by atoms with Gasteiger partial charge in [0, 0.05) is 12.8 Å². The van der Waals surface area contributed by atoms with Crippen molar-refractivity contribution in [1.29, 1.82) is 0 Å². The molecule has 0 radical (unpaired) electrons. The topological polar surface area (TPSA) is 78.9 Å². The van der Waals surface area contributed by atoms with E-state index in [9.17, 15) is 14.4 Å². The number of rotatable bonds is 37. The van der Waals surface area contributed by atoms with E-state index in [4.69, 9.17) is 14.2 Å². The molecule has 0 aromatic carbocycles. The van der Waals surface area contributed by atoms with Crippen LogP contribution in [0.4, 0.5) is 0 Å². The summed E-state index contributed by atoms with van der Waals surface area (Å²) in [5.41, 5.74) is 0. The number of carbonyl (C=O) groups is 3. The molecule has 0 aromatic rings. The number of hydrogen-bond donors (Lipinski definition) is 0. The van der Waals surface area contributed by atoms with Gasteiger partial charge >= 0.3 is 17.9 Å². The van der Waals surface area contributed by atoms with Crippen LogP contribution in [0.5, 0.6) is 0 Å². The highest BCUT2D eigenvalue weighted by atomic mass is 16.6. The Morgan fingerprint density at radius 2 is 0.776 bits per heavy atom. The quantitative estimate of drug-likeness (QED) is 0.0205. The first-order valence-electron chi connectivity index (χ1n) is 22.3. The Balaban J connectivity index is 4.56. The molecule has 1 unspecified atom stereocenters. The maximum absolute atomic E-state index is 12.7. The van der Waals surface area contributed by atoms with E-state index in [1.165, 1.54) is 12.8 Å². The van der Waals surface area contributed by atoms with Gasteiger partial charge in [0.05, 0.1) is 6.42 Å². The van der Waals surface area contributed by atoms with Gasteiger partial charge in [-0.2, -0.15) is 0 Å². The largest absolute Gasteiger partial charge is 0.462 e. The number of carbonyl (C=O) groups excluding carboxylic acids is 3. The molecule has 6 nitrogen and oxygen atoms in total. The van der Waals surface area contributed by atoms with Crippen LogP contribution < -0.4 is 0 Å². The molecular formula is C52H78O6. The standard InChI is InChI=1S/C52H78O6/c1-4-7-10-13-16-19-21-23-25-27-28-30-33-36-39-42-45-51(54)57-48-49(47-56-50(53)44-41-38-35-32-18-15-12-9-6-3)58-52(55)46-43-40-37-34-31-29-26-24-22-20-17-14-11-8-5-2/h7-12,14,16-20,22-26,29,31-32,38,41,49H,4-6,13,15,21,27-28,30,33-37,39-40,42-48H2,1-3H3/b10-7-,11-8-,12-9-,17-14-,19-16-,22-20-,25-23-,26-24-,31-29-,32-18-,41-38-. The van der Waals surface area contributed by atoms with Crippen LogP contribution >= 0.6 is 0 Å². The summed E-state index contributed by atoms with van der Waals surface area (Å²) in [6.45, 7) is 6.07. The third-order valence-corrected chi connectivity index (χ3v) is 8.54. The highest BCUT2D eigenvalue weighted by Gasteiger charge is 2.19. The van der Waals surface area contributed by atoms with Gasteiger partial charge in [-0.05, 0) is 83.5 Å². The zero-order valence-electron chi connectivity index (χ0n) is 36.5. The van der Waals surface area contributed by atoms with Crippen LogP contribution in [0.1, 0.15) is 156 Å². The molecule has 0 bridgehead atoms. The second-order valence-electron chi connectivity index (χ2n) is 13.9. The summed E-state index contributed by atoms with van der Waals surface area (Å²) in [6, 6.07) is 0. The van der Waals surface area contributed by atoms with Crippen molar-refractivity contribution >= 4 is 17.9 Å². The van der Waals surface area contributed by atoms with E-state index in [-0.39, 0.29) is 38.0 Å². The third kappa shape index (κ3) is 42.7. The molecule has 58 heavy (non-hydrogen) atoms. The predicted molar refractivity (Wildman–Crippen MR) is 246 cm³/mol. The van der Waals surface area contributed by atoms with Gasteiger partial charge in [0.25, 0.3) is 0 Å². The van der Waals surface area contributed by atoms with Crippen molar-refractivity contribution in [3.8, 4) is 0 Å². The van der Waals surface area contributed by atoms with E-state index in [2.05, 4.69) is 93.7 Å². The SMILES string of the molecule is CC\C=C/C=C\C=C/C=C\C=C/CCCCCC(=O)OC(COC(=O)C/C=C\C/C=C\C/C=C\CC)COC(=O)CCCCCCCC/C=C\C/C=C\C/C=C\CC. The minimum absolute atomic E-state index is 0.116. The highest BCUT2D eigenvalue weighted by molar-refractivity contribution is 5.72.